The number of aliphatic hydroxyl groups excluding tert-OH is 1. The van der Waals surface area contributed by atoms with Crippen molar-refractivity contribution in [3.05, 3.63) is 107 Å². The van der Waals surface area contributed by atoms with E-state index in [-0.39, 0.29) is 0 Å². The zero-order valence-electron chi connectivity index (χ0n) is 13.1. The molecule has 0 fully saturated rings. The van der Waals surface area contributed by atoms with E-state index >= 15 is 0 Å². The number of aliphatic hydroxyl groups is 1. The third-order valence-corrected chi connectivity index (χ3v) is 5.28. The Labute approximate surface area is 146 Å². The largest absolute Gasteiger partial charge is 0.374 e. The van der Waals surface area contributed by atoms with Crippen LogP contribution in [0.1, 0.15) is 28.5 Å². The van der Waals surface area contributed by atoms with E-state index in [1.54, 1.807) is 0 Å². The molecule has 3 aromatic rings. The van der Waals surface area contributed by atoms with E-state index in [2.05, 4.69) is 12.1 Å². The number of halogens is 1. The molecule has 1 aliphatic heterocycles. The molecule has 120 valence electrons. The molecule has 0 saturated carbocycles. The SMILES string of the molecule is OC1c2ccccc2C(Cl)(c2ccccc2)N1Cc1ccccc1. The van der Waals surface area contributed by atoms with Gasteiger partial charge in [0.2, 0.25) is 0 Å². The Morgan fingerprint density at radius 1 is 0.833 bits per heavy atom. The van der Waals surface area contributed by atoms with Crippen molar-refractivity contribution < 1.29 is 5.11 Å². The minimum Gasteiger partial charge on any atom is -0.374 e. The van der Waals surface area contributed by atoms with Gasteiger partial charge in [-0.1, -0.05) is 96.5 Å². The number of hydrogen-bond acceptors (Lipinski definition) is 2. The fourth-order valence-corrected chi connectivity index (χ4v) is 3.92. The van der Waals surface area contributed by atoms with Crippen molar-refractivity contribution in [2.75, 3.05) is 0 Å². The quantitative estimate of drug-likeness (QED) is 0.557. The van der Waals surface area contributed by atoms with E-state index in [1.807, 2.05) is 77.7 Å². The first-order valence-corrected chi connectivity index (χ1v) is 8.41. The molecule has 0 radical (unpaired) electrons. The van der Waals surface area contributed by atoms with Crippen LogP contribution in [0.25, 0.3) is 0 Å². The van der Waals surface area contributed by atoms with Gasteiger partial charge in [0.1, 0.15) is 6.23 Å². The van der Waals surface area contributed by atoms with Crippen molar-refractivity contribution in [2.24, 2.45) is 0 Å². The minimum absolute atomic E-state index is 0.565. The van der Waals surface area contributed by atoms with Crippen LogP contribution < -0.4 is 0 Å². The summed E-state index contributed by atoms with van der Waals surface area (Å²) >= 11 is 7.20. The van der Waals surface area contributed by atoms with Gasteiger partial charge in [-0.05, 0) is 16.7 Å². The average Bonchev–Trinajstić information content (AvgIpc) is 2.87. The molecule has 0 bridgehead atoms. The monoisotopic (exact) mass is 335 g/mol. The highest BCUT2D eigenvalue weighted by Gasteiger charge is 2.49. The highest BCUT2D eigenvalue weighted by atomic mass is 35.5. The first kappa shape index (κ1) is 15.4. The summed E-state index contributed by atoms with van der Waals surface area (Å²) in [6.07, 6.45) is -0.737. The molecule has 2 nitrogen and oxygen atoms in total. The Kier molecular flexibility index (Phi) is 3.89. The minimum atomic E-state index is -0.882. The van der Waals surface area contributed by atoms with E-state index < -0.39 is 11.2 Å². The van der Waals surface area contributed by atoms with Gasteiger partial charge < -0.3 is 5.11 Å². The predicted octanol–water partition coefficient (Wildman–Crippen LogP) is 4.63. The lowest BCUT2D eigenvalue weighted by molar-refractivity contribution is -0.0176. The standard InChI is InChI=1S/C21H18ClNO/c22-21(17-11-5-2-6-12-17)19-14-8-7-13-18(19)20(24)23(21)15-16-9-3-1-4-10-16/h1-14,20,24H,15H2. The van der Waals surface area contributed by atoms with Gasteiger partial charge in [0.25, 0.3) is 0 Å². The van der Waals surface area contributed by atoms with Crippen molar-refractivity contribution in [3.8, 4) is 0 Å². The van der Waals surface area contributed by atoms with Crippen molar-refractivity contribution in [1.82, 2.24) is 4.90 Å². The third kappa shape index (κ3) is 2.35. The van der Waals surface area contributed by atoms with Crippen LogP contribution in [0.15, 0.2) is 84.9 Å². The molecular formula is C21H18ClNO. The van der Waals surface area contributed by atoms with Gasteiger partial charge in [-0.2, -0.15) is 0 Å². The zero-order valence-corrected chi connectivity index (χ0v) is 13.9. The third-order valence-electron chi connectivity index (χ3n) is 4.64. The van der Waals surface area contributed by atoms with Gasteiger partial charge in [0, 0.05) is 12.1 Å². The molecular weight excluding hydrogens is 318 g/mol. The maximum Gasteiger partial charge on any atom is 0.150 e. The molecule has 0 aromatic heterocycles. The maximum atomic E-state index is 10.9. The molecule has 4 rings (SSSR count). The van der Waals surface area contributed by atoms with E-state index in [0.29, 0.717) is 6.54 Å². The van der Waals surface area contributed by atoms with Crippen molar-refractivity contribution >= 4 is 11.6 Å². The van der Waals surface area contributed by atoms with Crippen LogP contribution in [0.2, 0.25) is 0 Å². The second kappa shape index (κ2) is 6.06. The summed E-state index contributed by atoms with van der Waals surface area (Å²) in [5, 5.41) is 10.9. The van der Waals surface area contributed by atoms with Crippen molar-refractivity contribution in [1.29, 1.82) is 0 Å². The summed E-state index contributed by atoms with van der Waals surface area (Å²) in [4.78, 5) is 1.07. The van der Waals surface area contributed by atoms with Crippen LogP contribution in [0, 0.1) is 0 Å². The molecule has 24 heavy (non-hydrogen) atoms. The summed E-state index contributed by atoms with van der Waals surface area (Å²) in [6, 6.07) is 27.9. The fraction of sp³-hybridized carbons (Fsp3) is 0.143. The molecule has 0 spiro atoms. The average molecular weight is 336 g/mol. The molecule has 0 aliphatic carbocycles. The van der Waals surface area contributed by atoms with Crippen molar-refractivity contribution in [3.63, 3.8) is 0 Å². The van der Waals surface area contributed by atoms with E-state index in [4.69, 9.17) is 11.6 Å². The molecule has 0 amide bonds. The topological polar surface area (TPSA) is 23.5 Å². The Morgan fingerprint density at radius 3 is 2.12 bits per heavy atom. The number of alkyl halides is 1. The number of rotatable bonds is 3. The molecule has 1 N–H and O–H groups in total. The highest BCUT2D eigenvalue weighted by molar-refractivity contribution is 6.26. The summed E-state index contributed by atoms with van der Waals surface area (Å²) in [5.74, 6) is 0. The van der Waals surface area contributed by atoms with E-state index in [9.17, 15) is 5.11 Å². The second-order valence-electron chi connectivity index (χ2n) is 6.06. The van der Waals surface area contributed by atoms with Crippen LogP contribution in [0.5, 0.6) is 0 Å². The van der Waals surface area contributed by atoms with Crippen LogP contribution in [0.3, 0.4) is 0 Å². The lowest BCUT2D eigenvalue weighted by atomic mass is 9.97. The van der Waals surface area contributed by atoms with E-state index in [0.717, 1.165) is 22.3 Å². The number of hydrogen-bond donors (Lipinski definition) is 1. The molecule has 2 atom stereocenters. The van der Waals surface area contributed by atoms with E-state index in [1.165, 1.54) is 0 Å². The normalized spacial score (nSPS) is 23.2. The number of nitrogens with zero attached hydrogens (tertiary/aromatic N) is 1. The predicted molar refractivity (Wildman–Crippen MR) is 96.5 cm³/mol. The van der Waals surface area contributed by atoms with Gasteiger partial charge in [-0.25, -0.2) is 4.90 Å². The van der Waals surface area contributed by atoms with Crippen LogP contribution in [-0.2, 0) is 11.5 Å². The molecule has 0 saturated heterocycles. The zero-order chi connectivity index (χ0) is 16.6. The Hall–Kier alpha value is -2.13. The molecule has 3 aromatic carbocycles. The fourth-order valence-electron chi connectivity index (χ4n) is 3.47. The summed E-state index contributed by atoms with van der Waals surface area (Å²) < 4.78 is 0. The Bertz CT molecular complexity index is 837. The highest BCUT2D eigenvalue weighted by Crippen LogP contribution is 2.52. The molecule has 1 aliphatic rings. The summed E-state index contributed by atoms with van der Waals surface area (Å²) in [7, 11) is 0. The Morgan fingerprint density at radius 2 is 1.42 bits per heavy atom. The van der Waals surface area contributed by atoms with Crippen LogP contribution >= 0.6 is 11.6 Å². The van der Waals surface area contributed by atoms with Gasteiger partial charge >= 0.3 is 0 Å². The molecule has 2 unspecified atom stereocenters. The first-order valence-electron chi connectivity index (χ1n) is 8.04. The molecule has 1 heterocycles. The van der Waals surface area contributed by atoms with Crippen LogP contribution in [-0.4, -0.2) is 10.0 Å². The second-order valence-corrected chi connectivity index (χ2v) is 6.61. The van der Waals surface area contributed by atoms with Gasteiger partial charge in [-0.15, -0.1) is 0 Å². The summed E-state index contributed by atoms with van der Waals surface area (Å²) in [6.45, 7) is 0.565. The molecule has 3 heteroatoms. The van der Waals surface area contributed by atoms with Gasteiger partial charge in [0.15, 0.2) is 5.00 Å². The van der Waals surface area contributed by atoms with Crippen molar-refractivity contribution in [2.45, 2.75) is 17.8 Å². The number of benzene rings is 3. The Balaban J connectivity index is 1.85. The first-order chi connectivity index (χ1) is 11.7. The smallest absolute Gasteiger partial charge is 0.150 e. The number of fused-ring (bicyclic) bond motifs is 1. The lowest BCUT2D eigenvalue weighted by Crippen LogP contribution is -2.38. The summed E-state index contributed by atoms with van der Waals surface area (Å²) in [5.41, 5.74) is 3.89. The van der Waals surface area contributed by atoms with Gasteiger partial charge in [-0.3, -0.25) is 0 Å². The lowest BCUT2D eigenvalue weighted by Gasteiger charge is -2.35. The van der Waals surface area contributed by atoms with Gasteiger partial charge in [0.05, 0.1) is 0 Å². The van der Waals surface area contributed by atoms with Crippen LogP contribution in [0.4, 0.5) is 0 Å². The maximum absolute atomic E-state index is 10.9.